The molecule has 0 aromatic heterocycles. The molecule has 0 spiro atoms. The van der Waals surface area contributed by atoms with E-state index in [0.717, 1.165) is 19.3 Å². The van der Waals surface area contributed by atoms with Gasteiger partial charge in [0.2, 0.25) is 11.8 Å². The summed E-state index contributed by atoms with van der Waals surface area (Å²) in [5, 5.41) is 2.84. The van der Waals surface area contributed by atoms with Crippen molar-refractivity contribution in [3.8, 4) is 0 Å². The molecule has 3 unspecified atom stereocenters. The molecule has 2 amide bonds. The molecule has 1 aliphatic heterocycles. The van der Waals surface area contributed by atoms with Gasteiger partial charge in [-0.15, -0.1) is 0 Å². The number of hydrogen-bond donors (Lipinski definition) is 1. The van der Waals surface area contributed by atoms with Gasteiger partial charge in [-0.05, 0) is 25.2 Å². The topological polar surface area (TPSA) is 49.4 Å². The molecule has 0 bridgehead atoms. The summed E-state index contributed by atoms with van der Waals surface area (Å²) in [6, 6.07) is -0.246. The summed E-state index contributed by atoms with van der Waals surface area (Å²) < 4.78 is 0. The molecule has 96 valence electrons. The van der Waals surface area contributed by atoms with Crippen LogP contribution >= 0.6 is 0 Å². The molecule has 2 fully saturated rings. The van der Waals surface area contributed by atoms with Crippen molar-refractivity contribution in [2.75, 3.05) is 13.1 Å². The number of hydrogen-bond acceptors (Lipinski definition) is 2. The van der Waals surface area contributed by atoms with Gasteiger partial charge in [-0.2, -0.15) is 0 Å². The quantitative estimate of drug-likeness (QED) is 0.785. The fraction of sp³-hybridized carbons (Fsp3) is 0.846. The predicted octanol–water partition coefficient (Wildman–Crippen LogP) is 1.16. The number of nitrogens with zero attached hydrogens (tertiary/aromatic N) is 1. The first-order valence-corrected chi connectivity index (χ1v) is 6.73. The summed E-state index contributed by atoms with van der Waals surface area (Å²) in [7, 11) is 0. The summed E-state index contributed by atoms with van der Waals surface area (Å²) in [4.78, 5) is 26.0. The van der Waals surface area contributed by atoms with Gasteiger partial charge in [0.15, 0.2) is 0 Å². The van der Waals surface area contributed by atoms with Gasteiger partial charge in [-0.25, -0.2) is 0 Å². The van der Waals surface area contributed by atoms with E-state index in [1.54, 1.807) is 0 Å². The summed E-state index contributed by atoms with van der Waals surface area (Å²) in [6.45, 7) is 5.39. The summed E-state index contributed by atoms with van der Waals surface area (Å²) >= 11 is 0. The Morgan fingerprint density at radius 3 is 2.82 bits per heavy atom. The van der Waals surface area contributed by atoms with Gasteiger partial charge >= 0.3 is 0 Å². The number of carbonyl (C=O) groups excluding carboxylic acids is 2. The van der Waals surface area contributed by atoms with Gasteiger partial charge < -0.3 is 10.2 Å². The van der Waals surface area contributed by atoms with Crippen molar-refractivity contribution in [2.24, 2.45) is 11.8 Å². The zero-order valence-corrected chi connectivity index (χ0v) is 10.7. The second-order valence-corrected chi connectivity index (χ2v) is 5.26. The molecule has 3 atom stereocenters. The van der Waals surface area contributed by atoms with Crippen molar-refractivity contribution < 1.29 is 9.59 Å². The molecule has 17 heavy (non-hydrogen) atoms. The lowest BCUT2D eigenvalue weighted by molar-refractivity contribution is -0.147. The molecule has 1 saturated carbocycles. The molecule has 0 radical (unpaired) electrons. The predicted molar refractivity (Wildman–Crippen MR) is 65.3 cm³/mol. The molecule has 4 heteroatoms. The smallest absolute Gasteiger partial charge is 0.242 e. The Bertz CT molecular complexity index is 317. The number of rotatable bonds is 2. The zero-order valence-electron chi connectivity index (χ0n) is 10.7. The lowest BCUT2D eigenvalue weighted by Gasteiger charge is -2.36. The molecular formula is C13H22N2O2. The Morgan fingerprint density at radius 1 is 1.47 bits per heavy atom. The number of nitrogens with one attached hydrogen (secondary N) is 1. The second kappa shape index (κ2) is 5.07. The molecule has 0 aromatic rings. The van der Waals surface area contributed by atoms with Crippen LogP contribution in [0.5, 0.6) is 0 Å². The van der Waals surface area contributed by atoms with Crippen molar-refractivity contribution in [3.63, 3.8) is 0 Å². The fourth-order valence-electron chi connectivity index (χ4n) is 3.11. The first kappa shape index (κ1) is 12.4. The van der Waals surface area contributed by atoms with E-state index in [2.05, 4.69) is 12.2 Å². The third-order valence-corrected chi connectivity index (χ3v) is 4.18. The van der Waals surface area contributed by atoms with E-state index in [-0.39, 0.29) is 23.8 Å². The highest BCUT2D eigenvalue weighted by Gasteiger charge is 2.38. The second-order valence-electron chi connectivity index (χ2n) is 5.26. The van der Waals surface area contributed by atoms with E-state index in [4.69, 9.17) is 0 Å². The third-order valence-electron chi connectivity index (χ3n) is 4.18. The molecule has 4 nitrogen and oxygen atoms in total. The highest BCUT2D eigenvalue weighted by Crippen LogP contribution is 2.33. The Morgan fingerprint density at radius 2 is 2.24 bits per heavy atom. The van der Waals surface area contributed by atoms with Crippen LogP contribution in [-0.2, 0) is 9.59 Å². The average molecular weight is 238 g/mol. The van der Waals surface area contributed by atoms with Crippen LogP contribution in [0.25, 0.3) is 0 Å². The minimum atomic E-state index is -0.246. The standard InChI is InChI=1S/C13H22N2O2/c1-3-11-12(16)14-7-8-15(11)13(17)10-6-4-5-9(10)2/h9-11H,3-8H2,1-2H3,(H,14,16). The van der Waals surface area contributed by atoms with Crippen molar-refractivity contribution in [3.05, 3.63) is 0 Å². The van der Waals surface area contributed by atoms with Crippen LogP contribution in [0.4, 0.5) is 0 Å². The summed E-state index contributed by atoms with van der Waals surface area (Å²) in [6.07, 6.45) is 3.99. The molecule has 1 saturated heterocycles. The molecule has 2 aliphatic rings. The summed E-state index contributed by atoms with van der Waals surface area (Å²) in [5.74, 6) is 0.842. The van der Waals surface area contributed by atoms with Gasteiger partial charge in [0.25, 0.3) is 0 Å². The van der Waals surface area contributed by atoms with E-state index in [1.165, 1.54) is 0 Å². The number of amides is 2. The maximum absolute atomic E-state index is 12.5. The number of piperazine rings is 1. The van der Waals surface area contributed by atoms with Crippen LogP contribution in [0.15, 0.2) is 0 Å². The third kappa shape index (κ3) is 2.31. The van der Waals surface area contributed by atoms with Crippen LogP contribution in [0, 0.1) is 11.8 Å². The minimum Gasteiger partial charge on any atom is -0.353 e. The van der Waals surface area contributed by atoms with Crippen molar-refractivity contribution in [1.82, 2.24) is 10.2 Å². The van der Waals surface area contributed by atoms with Gasteiger partial charge in [-0.3, -0.25) is 9.59 Å². The van der Waals surface area contributed by atoms with E-state index < -0.39 is 0 Å². The van der Waals surface area contributed by atoms with Crippen LogP contribution in [0.2, 0.25) is 0 Å². The van der Waals surface area contributed by atoms with Gasteiger partial charge in [-0.1, -0.05) is 20.3 Å². The molecule has 1 heterocycles. The molecule has 1 aliphatic carbocycles. The first-order chi connectivity index (χ1) is 8.15. The maximum Gasteiger partial charge on any atom is 0.242 e. The minimum absolute atomic E-state index is 0.0118. The van der Waals surface area contributed by atoms with E-state index in [0.29, 0.717) is 25.4 Å². The lowest BCUT2D eigenvalue weighted by Crippen LogP contribution is -2.58. The van der Waals surface area contributed by atoms with E-state index in [9.17, 15) is 9.59 Å². The Hall–Kier alpha value is -1.06. The zero-order chi connectivity index (χ0) is 12.4. The Balaban J connectivity index is 2.09. The van der Waals surface area contributed by atoms with Crippen LogP contribution in [0.3, 0.4) is 0 Å². The van der Waals surface area contributed by atoms with Crippen LogP contribution in [0.1, 0.15) is 39.5 Å². The monoisotopic (exact) mass is 238 g/mol. The van der Waals surface area contributed by atoms with Gasteiger partial charge in [0, 0.05) is 19.0 Å². The molecule has 1 N–H and O–H groups in total. The van der Waals surface area contributed by atoms with Crippen LogP contribution in [-0.4, -0.2) is 35.8 Å². The fourth-order valence-corrected chi connectivity index (χ4v) is 3.11. The van der Waals surface area contributed by atoms with Crippen molar-refractivity contribution in [1.29, 1.82) is 0 Å². The molecule has 2 rings (SSSR count). The van der Waals surface area contributed by atoms with E-state index >= 15 is 0 Å². The van der Waals surface area contributed by atoms with E-state index in [1.807, 2.05) is 11.8 Å². The highest BCUT2D eigenvalue weighted by atomic mass is 16.2. The van der Waals surface area contributed by atoms with Crippen molar-refractivity contribution in [2.45, 2.75) is 45.6 Å². The van der Waals surface area contributed by atoms with Crippen LogP contribution < -0.4 is 5.32 Å². The lowest BCUT2D eigenvalue weighted by atomic mass is 9.95. The maximum atomic E-state index is 12.5. The number of carbonyl (C=O) groups is 2. The van der Waals surface area contributed by atoms with Crippen molar-refractivity contribution >= 4 is 11.8 Å². The van der Waals surface area contributed by atoms with Gasteiger partial charge in [0.05, 0.1) is 0 Å². The Labute approximate surface area is 103 Å². The van der Waals surface area contributed by atoms with Gasteiger partial charge in [0.1, 0.15) is 6.04 Å². The summed E-state index contributed by atoms with van der Waals surface area (Å²) in [5.41, 5.74) is 0. The molecule has 0 aromatic carbocycles. The first-order valence-electron chi connectivity index (χ1n) is 6.73. The normalized spacial score (nSPS) is 33.6. The Kier molecular flexibility index (Phi) is 3.69. The largest absolute Gasteiger partial charge is 0.353 e. The highest BCUT2D eigenvalue weighted by molar-refractivity contribution is 5.89. The SMILES string of the molecule is CCC1C(=O)NCCN1C(=O)C1CCCC1C. The average Bonchev–Trinajstić information content (AvgIpc) is 2.74. The molecular weight excluding hydrogens is 216 g/mol.